The summed E-state index contributed by atoms with van der Waals surface area (Å²) in [4.78, 5) is 37.6. The van der Waals surface area contributed by atoms with E-state index >= 15 is 0 Å². The maximum absolute atomic E-state index is 12.4. The van der Waals surface area contributed by atoms with Crippen molar-refractivity contribution in [1.29, 1.82) is 0 Å². The number of ketones is 1. The van der Waals surface area contributed by atoms with Crippen LogP contribution in [0.4, 0.5) is 0 Å². The summed E-state index contributed by atoms with van der Waals surface area (Å²) in [6.45, 7) is 1.90. The van der Waals surface area contributed by atoms with Crippen LogP contribution in [0.2, 0.25) is 5.02 Å². The monoisotopic (exact) mass is 428 g/mol. The predicted octanol–water partition coefficient (Wildman–Crippen LogP) is 3.79. The van der Waals surface area contributed by atoms with Crippen molar-refractivity contribution in [3.8, 4) is 5.75 Å². The molecule has 1 aliphatic heterocycles. The van der Waals surface area contributed by atoms with Crippen LogP contribution >= 0.6 is 11.6 Å². The van der Waals surface area contributed by atoms with Crippen molar-refractivity contribution in [3.63, 3.8) is 0 Å². The minimum Gasteiger partial charge on any atom is -0.494 e. The summed E-state index contributed by atoms with van der Waals surface area (Å²) in [6.07, 6.45) is 1.12. The molecule has 30 heavy (non-hydrogen) atoms. The molecule has 2 aromatic carbocycles. The van der Waals surface area contributed by atoms with E-state index in [4.69, 9.17) is 16.3 Å². The number of halogens is 1. The van der Waals surface area contributed by atoms with Gasteiger partial charge in [-0.1, -0.05) is 23.7 Å². The highest BCUT2D eigenvalue weighted by Gasteiger charge is 2.39. The molecule has 1 saturated heterocycles. The minimum absolute atomic E-state index is 0.00223. The second-order valence-electron chi connectivity index (χ2n) is 7.41. The Balaban J connectivity index is 1.49. The summed E-state index contributed by atoms with van der Waals surface area (Å²) in [7, 11) is 1.75. The first-order valence-corrected chi connectivity index (χ1v) is 10.3. The van der Waals surface area contributed by atoms with Gasteiger partial charge in [0, 0.05) is 30.5 Å². The first kappa shape index (κ1) is 21.8. The van der Waals surface area contributed by atoms with E-state index in [0.29, 0.717) is 35.8 Å². The Morgan fingerprint density at radius 1 is 1.13 bits per heavy atom. The molecule has 1 N–H and O–H groups in total. The van der Waals surface area contributed by atoms with E-state index in [1.54, 1.807) is 48.3 Å². The van der Waals surface area contributed by atoms with Crippen LogP contribution in [-0.4, -0.2) is 42.2 Å². The molecule has 0 spiro atoms. The Labute approximate surface area is 181 Å². The van der Waals surface area contributed by atoms with Gasteiger partial charge in [0.05, 0.1) is 18.7 Å². The Morgan fingerprint density at radius 2 is 1.80 bits per heavy atom. The normalized spacial score (nSPS) is 18.4. The van der Waals surface area contributed by atoms with Gasteiger partial charge in [-0.15, -0.1) is 0 Å². The Hall–Kier alpha value is -2.86. The van der Waals surface area contributed by atoms with Crippen molar-refractivity contribution in [1.82, 2.24) is 10.2 Å². The van der Waals surface area contributed by atoms with Gasteiger partial charge >= 0.3 is 0 Å². The topological polar surface area (TPSA) is 75.7 Å². The number of hydrogen-bond donors (Lipinski definition) is 1. The lowest BCUT2D eigenvalue weighted by Crippen LogP contribution is -2.39. The van der Waals surface area contributed by atoms with Gasteiger partial charge < -0.3 is 15.0 Å². The van der Waals surface area contributed by atoms with Crippen LogP contribution in [0, 0.1) is 0 Å². The molecule has 0 aliphatic carbocycles. The molecule has 0 unspecified atom stereocenters. The van der Waals surface area contributed by atoms with Crippen molar-refractivity contribution < 1.29 is 19.1 Å². The first-order valence-electron chi connectivity index (χ1n) is 9.89. The number of Topliss-reactive ketones (excluding diaryl/α,β-unsaturated/α-hetero) is 1. The predicted molar refractivity (Wildman–Crippen MR) is 115 cm³/mol. The van der Waals surface area contributed by atoms with Crippen molar-refractivity contribution in [2.75, 3.05) is 13.7 Å². The summed E-state index contributed by atoms with van der Waals surface area (Å²) >= 11 is 5.96. The van der Waals surface area contributed by atoms with Crippen LogP contribution in [0.3, 0.4) is 0 Å². The van der Waals surface area contributed by atoms with Crippen LogP contribution < -0.4 is 10.1 Å². The average molecular weight is 429 g/mol. The molecule has 0 saturated carbocycles. The fourth-order valence-corrected chi connectivity index (χ4v) is 3.73. The van der Waals surface area contributed by atoms with E-state index in [1.165, 1.54) is 6.92 Å². The molecule has 7 heteroatoms. The number of nitrogens with one attached hydrogen (secondary N) is 1. The van der Waals surface area contributed by atoms with Gasteiger partial charge in [-0.2, -0.15) is 0 Å². The largest absolute Gasteiger partial charge is 0.494 e. The highest BCUT2D eigenvalue weighted by molar-refractivity contribution is 6.30. The lowest BCUT2D eigenvalue weighted by Gasteiger charge is -2.26. The summed E-state index contributed by atoms with van der Waals surface area (Å²) < 4.78 is 5.63. The molecule has 1 heterocycles. The van der Waals surface area contributed by atoms with Crippen LogP contribution in [0.15, 0.2) is 48.5 Å². The zero-order valence-electron chi connectivity index (χ0n) is 17.1. The molecule has 0 radical (unpaired) electrons. The number of likely N-dealkylation sites (N-methyl/N-ethyl adjacent to an activating group) is 1. The van der Waals surface area contributed by atoms with Gasteiger partial charge in [0.2, 0.25) is 11.8 Å². The van der Waals surface area contributed by atoms with Gasteiger partial charge in [-0.05, 0) is 55.3 Å². The van der Waals surface area contributed by atoms with E-state index in [9.17, 15) is 14.4 Å². The van der Waals surface area contributed by atoms with Crippen molar-refractivity contribution >= 4 is 29.2 Å². The second kappa shape index (κ2) is 9.76. The number of amides is 2. The van der Waals surface area contributed by atoms with E-state index in [1.807, 2.05) is 12.1 Å². The van der Waals surface area contributed by atoms with E-state index in [0.717, 1.165) is 5.56 Å². The number of rotatable bonds is 8. The first-order chi connectivity index (χ1) is 14.3. The third-order valence-electron chi connectivity index (χ3n) is 5.22. The Kier molecular flexibility index (Phi) is 7.11. The number of carbonyl (C=O) groups excluding carboxylic acids is 3. The molecular formula is C23H25ClN2O4. The standard InChI is InChI=1S/C23H25ClN2O4/c1-15(27)16-7-11-19(12-8-16)30-13-3-4-21(28)25-20-14-22(29)26(2)23(20)17-5-9-18(24)10-6-17/h5-12,20,23H,3-4,13-14H2,1-2H3,(H,25,28)/t20-,23+/m1/s1. The van der Waals surface area contributed by atoms with Crippen molar-refractivity contribution in [2.24, 2.45) is 0 Å². The fraction of sp³-hybridized carbons (Fsp3) is 0.348. The summed E-state index contributed by atoms with van der Waals surface area (Å²) in [6, 6.07) is 13.8. The molecule has 6 nitrogen and oxygen atoms in total. The highest BCUT2D eigenvalue weighted by atomic mass is 35.5. The second-order valence-corrected chi connectivity index (χ2v) is 7.85. The summed E-state index contributed by atoms with van der Waals surface area (Å²) in [5, 5.41) is 3.62. The molecule has 2 amide bonds. The summed E-state index contributed by atoms with van der Waals surface area (Å²) in [5.41, 5.74) is 1.57. The lowest BCUT2D eigenvalue weighted by molar-refractivity contribution is -0.127. The highest BCUT2D eigenvalue weighted by Crippen LogP contribution is 2.32. The van der Waals surface area contributed by atoms with Gasteiger partial charge in [-0.3, -0.25) is 14.4 Å². The Bertz CT molecular complexity index is 912. The van der Waals surface area contributed by atoms with E-state index in [2.05, 4.69) is 5.32 Å². The molecule has 0 aromatic heterocycles. The number of carbonyl (C=O) groups is 3. The van der Waals surface area contributed by atoms with E-state index in [-0.39, 0.29) is 36.1 Å². The molecule has 2 aromatic rings. The third kappa shape index (κ3) is 5.39. The number of likely N-dealkylation sites (tertiary alicyclic amines) is 1. The number of nitrogens with zero attached hydrogens (tertiary/aromatic N) is 1. The lowest BCUT2D eigenvalue weighted by atomic mass is 10.00. The van der Waals surface area contributed by atoms with Gasteiger partial charge in [0.15, 0.2) is 5.78 Å². The maximum atomic E-state index is 12.4. The van der Waals surface area contributed by atoms with Gasteiger partial charge in [0.1, 0.15) is 5.75 Å². The maximum Gasteiger partial charge on any atom is 0.225 e. The van der Waals surface area contributed by atoms with Crippen molar-refractivity contribution in [2.45, 2.75) is 38.3 Å². The quantitative estimate of drug-likeness (QED) is 0.512. The number of ether oxygens (including phenoxy) is 1. The fourth-order valence-electron chi connectivity index (χ4n) is 3.60. The smallest absolute Gasteiger partial charge is 0.225 e. The molecule has 0 bridgehead atoms. The van der Waals surface area contributed by atoms with Gasteiger partial charge in [-0.25, -0.2) is 0 Å². The van der Waals surface area contributed by atoms with Crippen LogP contribution in [0.5, 0.6) is 5.75 Å². The zero-order valence-corrected chi connectivity index (χ0v) is 17.8. The van der Waals surface area contributed by atoms with Gasteiger partial charge in [0.25, 0.3) is 0 Å². The zero-order chi connectivity index (χ0) is 21.7. The third-order valence-corrected chi connectivity index (χ3v) is 5.47. The molecular weight excluding hydrogens is 404 g/mol. The number of hydrogen-bond acceptors (Lipinski definition) is 4. The average Bonchev–Trinajstić information content (AvgIpc) is 2.99. The SMILES string of the molecule is CC(=O)c1ccc(OCCCC(=O)N[C@@H]2CC(=O)N(C)[C@H]2c2ccc(Cl)cc2)cc1. The molecule has 3 rings (SSSR count). The molecule has 2 atom stereocenters. The molecule has 1 aliphatic rings. The molecule has 158 valence electrons. The number of benzene rings is 2. The molecule has 1 fully saturated rings. The van der Waals surface area contributed by atoms with Crippen LogP contribution in [0.25, 0.3) is 0 Å². The summed E-state index contributed by atoms with van der Waals surface area (Å²) in [5.74, 6) is 0.549. The van der Waals surface area contributed by atoms with Crippen molar-refractivity contribution in [3.05, 3.63) is 64.7 Å². The van der Waals surface area contributed by atoms with Crippen LogP contribution in [0.1, 0.15) is 48.1 Å². The van der Waals surface area contributed by atoms with E-state index < -0.39 is 0 Å². The van der Waals surface area contributed by atoms with Crippen LogP contribution in [-0.2, 0) is 9.59 Å². The minimum atomic E-state index is -0.281. The Morgan fingerprint density at radius 3 is 2.43 bits per heavy atom.